The molecule has 0 radical (unpaired) electrons. The summed E-state index contributed by atoms with van der Waals surface area (Å²) in [6.45, 7) is 3.26. The number of nitrogens with one attached hydrogen (secondary N) is 1. The Morgan fingerprint density at radius 3 is 2.43 bits per heavy atom. The van der Waals surface area contributed by atoms with E-state index in [1.807, 2.05) is 0 Å². The number of amides is 1. The van der Waals surface area contributed by atoms with Gasteiger partial charge in [-0.1, -0.05) is 12.1 Å². The highest BCUT2D eigenvalue weighted by Gasteiger charge is 2.30. The maximum absolute atomic E-state index is 12.9. The number of hydrogen-bond acceptors (Lipinski definition) is 4. The van der Waals surface area contributed by atoms with Crippen LogP contribution in [-0.2, 0) is 6.18 Å². The average molecular weight is 418 g/mol. The van der Waals surface area contributed by atoms with Crippen molar-refractivity contribution in [3.63, 3.8) is 0 Å². The summed E-state index contributed by atoms with van der Waals surface area (Å²) in [5.41, 5.74) is 1.72. The molecule has 0 aliphatic rings. The van der Waals surface area contributed by atoms with Gasteiger partial charge < -0.3 is 15.2 Å². The number of carbonyl (C=O) groups is 1. The minimum Gasteiger partial charge on any atom is -0.496 e. The number of aromatic nitrogens is 1. The van der Waals surface area contributed by atoms with Gasteiger partial charge in [-0.3, -0.25) is 4.79 Å². The van der Waals surface area contributed by atoms with Crippen LogP contribution in [-0.4, -0.2) is 35.8 Å². The Hall–Kier alpha value is -3.13. The third-order valence-corrected chi connectivity index (χ3v) is 4.77. The highest BCUT2D eigenvalue weighted by Crippen LogP contribution is 2.36. The van der Waals surface area contributed by atoms with Gasteiger partial charge in [0, 0.05) is 28.1 Å². The summed E-state index contributed by atoms with van der Waals surface area (Å²) in [7, 11) is 1.50. The number of aliphatic hydroxyl groups is 1. The first-order chi connectivity index (χ1) is 14.2. The number of rotatable bonds is 5. The Labute approximate surface area is 171 Å². The molecule has 0 aliphatic heterocycles. The molecule has 0 unspecified atom stereocenters. The van der Waals surface area contributed by atoms with Gasteiger partial charge >= 0.3 is 6.18 Å². The molecule has 0 aliphatic carbocycles. The zero-order chi connectivity index (χ0) is 22.1. The van der Waals surface area contributed by atoms with Gasteiger partial charge in [0.2, 0.25) is 0 Å². The Morgan fingerprint density at radius 2 is 1.87 bits per heavy atom. The van der Waals surface area contributed by atoms with Crippen molar-refractivity contribution in [1.29, 1.82) is 0 Å². The Morgan fingerprint density at radius 1 is 1.20 bits per heavy atom. The molecule has 1 atom stereocenters. The molecular formula is C22H21F3N2O3. The molecule has 158 valence electrons. The largest absolute Gasteiger partial charge is 0.496 e. The molecule has 30 heavy (non-hydrogen) atoms. The van der Waals surface area contributed by atoms with Gasteiger partial charge in [-0.25, -0.2) is 4.98 Å². The van der Waals surface area contributed by atoms with Gasteiger partial charge in [-0.05, 0) is 44.2 Å². The van der Waals surface area contributed by atoms with E-state index in [1.54, 1.807) is 32.0 Å². The molecule has 2 aromatic carbocycles. The number of carbonyl (C=O) groups excluding carboxylic acids is 1. The number of nitrogens with zero attached hydrogens (tertiary/aromatic N) is 1. The zero-order valence-electron chi connectivity index (χ0n) is 16.7. The van der Waals surface area contributed by atoms with Crippen LogP contribution in [0.15, 0.2) is 42.5 Å². The molecule has 2 N–H and O–H groups in total. The second-order valence-corrected chi connectivity index (χ2v) is 6.98. The van der Waals surface area contributed by atoms with Crippen molar-refractivity contribution in [1.82, 2.24) is 10.3 Å². The molecule has 3 rings (SSSR count). The highest BCUT2D eigenvalue weighted by atomic mass is 19.4. The summed E-state index contributed by atoms with van der Waals surface area (Å²) >= 11 is 0. The first-order valence-electron chi connectivity index (χ1n) is 9.23. The molecule has 1 aromatic heterocycles. The third kappa shape index (κ3) is 4.23. The van der Waals surface area contributed by atoms with Gasteiger partial charge in [0.15, 0.2) is 0 Å². The molecule has 0 fully saturated rings. The summed E-state index contributed by atoms with van der Waals surface area (Å²) in [5, 5.41) is 12.5. The van der Waals surface area contributed by atoms with Crippen molar-refractivity contribution in [3.05, 3.63) is 59.2 Å². The van der Waals surface area contributed by atoms with Crippen LogP contribution in [0, 0.1) is 6.92 Å². The number of benzene rings is 2. The monoisotopic (exact) mass is 418 g/mol. The van der Waals surface area contributed by atoms with Crippen molar-refractivity contribution < 1.29 is 27.8 Å². The summed E-state index contributed by atoms with van der Waals surface area (Å²) in [6.07, 6.45) is -4.42. The zero-order valence-corrected chi connectivity index (χ0v) is 16.7. The van der Waals surface area contributed by atoms with Crippen LogP contribution in [0.2, 0.25) is 0 Å². The van der Waals surface area contributed by atoms with E-state index in [9.17, 15) is 18.0 Å². The fourth-order valence-corrected chi connectivity index (χ4v) is 3.19. The second-order valence-electron chi connectivity index (χ2n) is 6.98. The first-order valence-corrected chi connectivity index (χ1v) is 9.23. The number of ether oxygens (including phenoxy) is 1. The van der Waals surface area contributed by atoms with Crippen molar-refractivity contribution >= 4 is 16.8 Å². The SMILES string of the molecule is COc1c(C)c(-c2ccc(C(F)(F)F)cc2)nc2cc(C(=O)N[C@H](C)CO)ccc12. The topological polar surface area (TPSA) is 71.5 Å². The van der Waals surface area contributed by atoms with E-state index in [0.717, 1.165) is 12.1 Å². The van der Waals surface area contributed by atoms with E-state index < -0.39 is 17.8 Å². The molecule has 0 bridgehead atoms. The number of methoxy groups -OCH3 is 1. The van der Waals surface area contributed by atoms with Crippen LogP contribution in [0.5, 0.6) is 5.75 Å². The Balaban J connectivity index is 2.11. The molecule has 8 heteroatoms. The number of pyridine rings is 1. The maximum atomic E-state index is 12.9. The van der Waals surface area contributed by atoms with Crippen LogP contribution in [0.25, 0.3) is 22.2 Å². The predicted octanol–water partition coefficient (Wildman–Crippen LogP) is 4.35. The minimum atomic E-state index is -4.42. The van der Waals surface area contributed by atoms with Gasteiger partial charge in [-0.15, -0.1) is 0 Å². The molecule has 5 nitrogen and oxygen atoms in total. The summed E-state index contributed by atoms with van der Waals surface area (Å²) < 4.78 is 44.2. The van der Waals surface area contributed by atoms with Crippen molar-refractivity contribution in [2.75, 3.05) is 13.7 Å². The lowest BCUT2D eigenvalue weighted by molar-refractivity contribution is -0.137. The number of aliphatic hydroxyl groups excluding tert-OH is 1. The molecule has 1 amide bonds. The number of hydrogen-bond donors (Lipinski definition) is 2. The normalized spacial score (nSPS) is 12.6. The van der Waals surface area contributed by atoms with Crippen LogP contribution >= 0.6 is 0 Å². The van der Waals surface area contributed by atoms with Crippen LogP contribution in [0.1, 0.15) is 28.4 Å². The Bertz CT molecular complexity index is 1080. The second kappa shape index (κ2) is 8.31. The van der Waals surface area contributed by atoms with E-state index >= 15 is 0 Å². The van der Waals surface area contributed by atoms with E-state index in [2.05, 4.69) is 10.3 Å². The van der Waals surface area contributed by atoms with Gasteiger partial charge in [0.05, 0.1) is 30.5 Å². The van der Waals surface area contributed by atoms with Crippen molar-refractivity contribution in [3.8, 4) is 17.0 Å². The van der Waals surface area contributed by atoms with Crippen LogP contribution < -0.4 is 10.1 Å². The molecule has 1 heterocycles. The van der Waals surface area contributed by atoms with Gasteiger partial charge in [0.1, 0.15) is 5.75 Å². The molecule has 0 saturated heterocycles. The van der Waals surface area contributed by atoms with E-state index in [-0.39, 0.29) is 12.5 Å². The lowest BCUT2D eigenvalue weighted by Crippen LogP contribution is -2.34. The average Bonchev–Trinajstić information content (AvgIpc) is 2.72. The predicted molar refractivity (Wildman–Crippen MR) is 107 cm³/mol. The third-order valence-electron chi connectivity index (χ3n) is 4.77. The standard InChI is InChI=1S/C22H21F3N2O3/c1-12(11-28)26-21(29)15-6-9-17-18(10-15)27-19(13(2)20(17)30-3)14-4-7-16(8-5-14)22(23,24)25/h4-10,12,28H,11H2,1-3H3,(H,26,29)/t12-/m1/s1. The van der Waals surface area contributed by atoms with Crippen molar-refractivity contribution in [2.24, 2.45) is 0 Å². The lowest BCUT2D eigenvalue weighted by Gasteiger charge is -2.15. The summed E-state index contributed by atoms with van der Waals surface area (Å²) in [6, 6.07) is 9.26. The quantitative estimate of drug-likeness (QED) is 0.646. The fraction of sp³-hybridized carbons (Fsp3) is 0.273. The molecule has 0 saturated carbocycles. The maximum Gasteiger partial charge on any atom is 0.416 e. The van der Waals surface area contributed by atoms with Crippen LogP contribution in [0.3, 0.4) is 0 Å². The van der Waals surface area contributed by atoms with E-state index in [1.165, 1.54) is 19.2 Å². The minimum absolute atomic E-state index is 0.192. The summed E-state index contributed by atoms with van der Waals surface area (Å²) in [4.78, 5) is 17.0. The highest BCUT2D eigenvalue weighted by molar-refractivity contribution is 6.00. The van der Waals surface area contributed by atoms with Gasteiger partial charge in [-0.2, -0.15) is 13.2 Å². The first kappa shape index (κ1) is 21.6. The molecule has 0 spiro atoms. The van der Waals surface area contributed by atoms with Crippen LogP contribution in [0.4, 0.5) is 13.2 Å². The van der Waals surface area contributed by atoms with E-state index in [0.29, 0.717) is 39.0 Å². The smallest absolute Gasteiger partial charge is 0.416 e. The number of alkyl halides is 3. The van der Waals surface area contributed by atoms with Crippen molar-refractivity contribution in [2.45, 2.75) is 26.1 Å². The van der Waals surface area contributed by atoms with Gasteiger partial charge in [0.25, 0.3) is 5.91 Å². The Kier molecular flexibility index (Phi) is 5.98. The molecular weight excluding hydrogens is 397 g/mol. The molecule has 3 aromatic rings. The number of fused-ring (bicyclic) bond motifs is 1. The fourth-order valence-electron chi connectivity index (χ4n) is 3.19. The number of halogens is 3. The van der Waals surface area contributed by atoms with E-state index in [4.69, 9.17) is 9.84 Å². The summed E-state index contributed by atoms with van der Waals surface area (Å²) in [5.74, 6) is 0.168. The lowest BCUT2D eigenvalue weighted by atomic mass is 10.0.